The molecule has 360 valence electrons. The number of benzene rings is 1. The van der Waals surface area contributed by atoms with Crippen molar-refractivity contribution in [1.82, 2.24) is 8.75 Å². The number of aromatic nitrogens is 2. The fourth-order valence-electron chi connectivity index (χ4n) is 9.30. The van der Waals surface area contributed by atoms with Gasteiger partial charge in [0.1, 0.15) is 48.6 Å². The molecule has 5 aromatic heterocycles. The summed E-state index contributed by atoms with van der Waals surface area (Å²) in [6, 6.07) is 3.98. The third-order valence-corrected chi connectivity index (χ3v) is 17.9. The quantitative estimate of drug-likeness (QED) is 0.0264. The van der Waals surface area contributed by atoms with Crippen molar-refractivity contribution in [3.63, 3.8) is 0 Å². The van der Waals surface area contributed by atoms with Crippen LogP contribution in [0.4, 0.5) is 11.4 Å². The van der Waals surface area contributed by atoms with Gasteiger partial charge in [-0.25, -0.2) is 0 Å². The zero-order valence-corrected chi connectivity index (χ0v) is 42.9. The Morgan fingerprint density at radius 1 is 0.507 bits per heavy atom. The fraction of sp³-hybridized carbons (Fsp3) is 0.560. The van der Waals surface area contributed by atoms with Gasteiger partial charge in [-0.05, 0) is 48.9 Å². The molecule has 1 aromatic carbocycles. The van der Waals surface area contributed by atoms with Gasteiger partial charge in [-0.2, -0.15) is 8.75 Å². The van der Waals surface area contributed by atoms with Gasteiger partial charge >= 0.3 is 11.4 Å². The molecule has 8 rings (SSSR count). The summed E-state index contributed by atoms with van der Waals surface area (Å²) >= 11 is 6.76. The van der Waals surface area contributed by atoms with Gasteiger partial charge in [0.15, 0.2) is 23.0 Å². The number of unbranched alkanes of at least 4 members (excludes halogenated alkanes) is 18. The Morgan fingerprint density at radius 2 is 0.866 bits per heavy atom. The molecular formula is C50H62N4O8S5. The Labute approximate surface area is 413 Å². The van der Waals surface area contributed by atoms with E-state index in [1.54, 1.807) is 0 Å². The Hall–Kier alpha value is -4.16. The first-order valence-electron chi connectivity index (χ1n) is 24.5. The predicted molar refractivity (Wildman–Crippen MR) is 277 cm³/mol. The molecule has 2 aliphatic heterocycles. The maximum Gasteiger partial charge on any atom is 0.357 e. The SMILES string of the molecule is CCCCCCCCCCCCc1cc(-c2c([N+](=O)[O-])c([N+](=O)[O-])c(-c3cc(CCCCCCCCCCCC)c(-c4scc5c4OCCO5)s3)c3nsnc23)sc1-c1scc2c1OCCO2. The van der Waals surface area contributed by atoms with Crippen LogP contribution in [0.15, 0.2) is 22.9 Å². The van der Waals surface area contributed by atoms with Gasteiger partial charge in [0.25, 0.3) is 0 Å². The Kier molecular flexibility index (Phi) is 17.9. The summed E-state index contributed by atoms with van der Waals surface area (Å²) in [5, 5.41) is 30.9. The molecule has 0 aliphatic carbocycles. The van der Waals surface area contributed by atoms with Gasteiger partial charge in [-0.15, -0.1) is 45.3 Å². The van der Waals surface area contributed by atoms with E-state index >= 15 is 0 Å². The summed E-state index contributed by atoms with van der Waals surface area (Å²) in [7, 11) is 0. The van der Waals surface area contributed by atoms with E-state index in [2.05, 4.69) is 13.8 Å². The van der Waals surface area contributed by atoms with E-state index in [0.717, 1.165) is 93.7 Å². The third-order valence-electron chi connectivity index (χ3n) is 12.8. The van der Waals surface area contributed by atoms with E-state index in [4.69, 9.17) is 27.7 Å². The number of aryl methyl sites for hydroxylation is 2. The van der Waals surface area contributed by atoms with Crippen LogP contribution >= 0.6 is 57.1 Å². The molecule has 0 fully saturated rings. The number of hydrogen-bond donors (Lipinski definition) is 0. The molecule has 0 saturated heterocycles. The van der Waals surface area contributed by atoms with Crippen LogP contribution in [0.25, 0.3) is 51.4 Å². The highest BCUT2D eigenvalue weighted by Crippen LogP contribution is 2.57. The van der Waals surface area contributed by atoms with Crippen molar-refractivity contribution in [2.45, 2.75) is 155 Å². The minimum atomic E-state index is -0.596. The van der Waals surface area contributed by atoms with Gasteiger partial charge < -0.3 is 18.9 Å². The smallest absolute Gasteiger partial charge is 0.357 e. The molecule has 0 N–H and O–H groups in total. The van der Waals surface area contributed by atoms with Crippen molar-refractivity contribution >= 4 is 79.5 Å². The molecule has 0 saturated carbocycles. The van der Waals surface area contributed by atoms with Crippen molar-refractivity contribution in [3.05, 3.63) is 54.2 Å². The van der Waals surface area contributed by atoms with Crippen molar-refractivity contribution in [1.29, 1.82) is 0 Å². The molecule has 67 heavy (non-hydrogen) atoms. The van der Waals surface area contributed by atoms with E-state index in [0.29, 0.717) is 70.2 Å². The zero-order valence-electron chi connectivity index (χ0n) is 38.8. The van der Waals surface area contributed by atoms with E-state index in [9.17, 15) is 20.2 Å². The molecule has 0 spiro atoms. The Morgan fingerprint density at radius 3 is 1.24 bits per heavy atom. The molecule has 0 unspecified atom stereocenters. The normalized spacial score (nSPS) is 13.2. The second-order valence-corrected chi connectivity index (χ2v) is 22.0. The zero-order chi connectivity index (χ0) is 46.5. The lowest BCUT2D eigenvalue weighted by Gasteiger charge is -2.16. The first-order chi connectivity index (χ1) is 32.9. The Balaban J connectivity index is 1.14. The predicted octanol–water partition coefficient (Wildman–Crippen LogP) is 16.9. The van der Waals surface area contributed by atoms with Gasteiger partial charge in [0.2, 0.25) is 0 Å². The first-order valence-corrected chi connectivity index (χ1v) is 28.6. The van der Waals surface area contributed by atoms with Crippen molar-refractivity contribution in [2.24, 2.45) is 0 Å². The highest BCUT2D eigenvalue weighted by molar-refractivity contribution is 7.24. The number of nitrogens with zero attached hydrogens (tertiary/aromatic N) is 4. The molecule has 0 bridgehead atoms. The molecule has 17 heteroatoms. The summed E-state index contributed by atoms with van der Waals surface area (Å²) in [5.74, 6) is 2.73. The summed E-state index contributed by atoms with van der Waals surface area (Å²) < 4.78 is 33.6. The maximum absolute atomic E-state index is 13.5. The van der Waals surface area contributed by atoms with Gasteiger partial charge in [-0.1, -0.05) is 129 Å². The monoisotopic (exact) mass is 1010 g/mol. The molecule has 0 radical (unpaired) electrons. The molecule has 12 nitrogen and oxygen atoms in total. The van der Waals surface area contributed by atoms with Gasteiger partial charge in [0.05, 0.1) is 41.1 Å². The largest absolute Gasteiger partial charge is 0.485 e. The third kappa shape index (κ3) is 11.7. The second kappa shape index (κ2) is 24.4. The van der Waals surface area contributed by atoms with E-state index < -0.39 is 21.2 Å². The number of thiophene rings is 4. The van der Waals surface area contributed by atoms with Crippen LogP contribution in [0.5, 0.6) is 23.0 Å². The van der Waals surface area contributed by atoms with Crippen LogP contribution in [-0.2, 0) is 12.8 Å². The summed E-state index contributed by atoms with van der Waals surface area (Å²) in [6.45, 7) is 6.26. The number of nitro benzene ring substituents is 2. The van der Waals surface area contributed by atoms with Crippen molar-refractivity contribution < 1.29 is 28.8 Å². The minimum Gasteiger partial charge on any atom is -0.485 e. The van der Waals surface area contributed by atoms with Crippen LogP contribution in [0, 0.1) is 20.2 Å². The highest BCUT2D eigenvalue weighted by atomic mass is 32.1. The average Bonchev–Trinajstić information content (AvgIpc) is 4.19. The van der Waals surface area contributed by atoms with Gasteiger partial charge in [-0.3, -0.25) is 20.2 Å². The lowest BCUT2D eigenvalue weighted by Crippen LogP contribution is -2.14. The minimum absolute atomic E-state index is 0.132. The van der Waals surface area contributed by atoms with Crippen LogP contribution < -0.4 is 18.9 Å². The molecule has 2 aliphatic rings. The van der Waals surface area contributed by atoms with Crippen molar-refractivity contribution in [3.8, 4) is 63.4 Å². The van der Waals surface area contributed by atoms with Crippen LogP contribution in [0.1, 0.15) is 153 Å². The van der Waals surface area contributed by atoms with Crippen molar-refractivity contribution in [2.75, 3.05) is 26.4 Å². The lowest BCUT2D eigenvalue weighted by molar-refractivity contribution is -0.421. The molecule has 6 aromatic rings. The molecular weight excluding hydrogens is 945 g/mol. The van der Waals surface area contributed by atoms with Crippen LogP contribution in [0.3, 0.4) is 0 Å². The fourth-order valence-corrected chi connectivity index (χ4v) is 14.6. The molecule has 0 atom stereocenters. The number of ether oxygens (including phenoxy) is 4. The summed E-state index contributed by atoms with van der Waals surface area (Å²) in [4.78, 5) is 30.6. The molecule has 7 heterocycles. The van der Waals surface area contributed by atoms with E-state index in [1.165, 1.54) is 135 Å². The first kappa shape index (κ1) is 49.3. The van der Waals surface area contributed by atoms with Crippen LogP contribution in [0.2, 0.25) is 0 Å². The maximum atomic E-state index is 13.5. The number of nitro groups is 2. The molecule has 0 amide bonds. The highest BCUT2D eigenvalue weighted by Gasteiger charge is 2.41. The number of fused-ring (bicyclic) bond motifs is 3. The summed E-state index contributed by atoms with van der Waals surface area (Å²) in [6.07, 6.45) is 25.7. The topological polar surface area (TPSA) is 149 Å². The van der Waals surface area contributed by atoms with E-state index in [1.807, 2.05) is 22.9 Å². The second-order valence-electron chi connectivity index (χ2n) is 17.6. The Bertz CT molecular complexity index is 2420. The average molecular weight is 1010 g/mol. The number of rotatable bonds is 28. The number of hydrogen-bond acceptors (Lipinski definition) is 15. The van der Waals surface area contributed by atoms with Gasteiger partial charge in [0, 0.05) is 20.5 Å². The van der Waals surface area contributed by atoms with Crippen LogP contribution in [-0.4, -0.2) is 45.0 Å². The lowest BCUT2D eigenvalue weighted by atomic mass is 9.98. The summed E-state index contributed by atoms with van der Waals surface area (Å²) in [5.41, 5.74) is 1.77. The standard InChI is InChI=1S/C50H62N4O8S5/c1-3-5-7-9-11-13-15-17-19-21-23-33-29-37(65-47(33)49-45-35(31-63-49)59-25-27-61-45)39-41-42(52-67-51-41)40(44(54(57)58)43(39)53(55)56)38-30-34(24-22-20-18-16-14-12-10-8-6-4-2)48(66-38)50-46-36(32-64-50)60-26-28-62-46/h29-32H,3-28H2,1-2H3. The van der Waals surface area contributed by atoms with E-state index in [-0.39, 0.29) is 11.1 Å².